The molecule has 22 heavy (non-hydrogen) atoms. The summed E-state index contributed by atoms with van der Waals surface area (Å²) in [4.78, 5) is 14.5. The summed E-state index contributed by atoms with van der Waals surface area (Å²) in [5.74, 6) is 1.01. The number of carbonyl (C=O) groups excluding carboxylic acids is 1. The number of hydrogen-bond acceptors (Lipinski definition) is 2. The summed E-state index contributed by atoms with van der Waals surface area (Å²) < 4.78 is 0. The number of hydrogen-bond donors (Lipinski definition) is 1. The third-order valence-corrected chi connectivity index (χ3v) is 4.78. The van der Waals surface area contributed by atoms with Crippen LogP contribution in [0.3, 0.4) is 0 Å². The third kappa shape index (κ3) is 5.13. The molecule has 1 aromatic rings. The van der Waals surface area contributed by atoms with Crippen molar-refractivity contribution in [2.24, 2.45) is 11.8 Å². The fourth-order valence-corrected chi connectivity index (χ4v) is 3.52. The summed E-state index contributed by atoms with van der Waals surface area (Å²) >= 11 is 0. The van der Waals surface area contributed by atoms with Gasteiger partial charge in [0.05, 0.1) is 6.61 Å². The van der Waals surface area contributed by atoms with Crippen LogP contribution in [0.1, 0.15) is 44.6 Å². The van der Waals surface area contributed by atoms with Crippen LogP contribution in [0, 0.1) is 11.8 Å². The number of rotatable bonds is 8. The van der Waals surface area contributed by atoms with E-state index in [0.29, 0.717) is 13.1 Å². The molecule has 1 fully saturated rings. The fourth-order valence-electron chi connectivity index (χ4n) is 3.52. The van der Waals surface area contributed by atoms with Crippen LogP contribution in [-0.4, -0.2) is 35.6 Å². The van der Waals surface area contributed by atoms with Gasteiger partial charge in [0.25, 0.3) is 0 Å². The van der Waals surface area contributed by atoms with Gasteiger partial charge in [-0.05, 0) is 24.3 Å². The van der Waals surface area contributed by atoms with Gasteiger partial charge in [0.15, 0.2) is 0 Å². The second-order valence-corrected chi connectivity index (χ2v) is 6.57. The van der Waals surface area contributed by atoms with Crippen molar-refractivity contribution in [3.8, 4) is 0 Å². The molecule has 3 nitrogen and oxygen atoms in total. The van der Waals surface area contributed by atoms with Gasteiger partial charge in [-0.15, -0.1) is 0 Å². The minimum Gasteiger partial charge on any atom is -0.395 e. The van der Waals surface area contributed by atoms with Gasteiger partial charge in [-0.25, -0.2) is 0 Å². The van der Waals surface area contributed by atoms with Gasteiger partial charge in [0.1, 0.15) is 0 Å². The maximum atomic E-state index is 12.7. The Morgan fingerprint density at radius 1 is 1.23 bits per heavy atom. The summed E-state index contributed by atoms with van der Waals surface area (Å²) in [5.41, 5.74) is 1.24. The molecule has 2 rings (SSSR count). The molecule has 0 aromatic heterocycles. The predicted molar refractivity (Wildman–Crippen MR) is 89.6 cm³/mol. The largest absolute Gasteiger partial charge is 0.395 e. The van der Waals surface area contributed by atoms with Crippen LogP contribution in [0.5, 0.6) is 0 Å². The standard InChI is InChI=1S/C19H29NO2/c1-16(15-18-9-5-6-10-18)19(22)20(13-14-21)12-11-17-7-3-2-4-8-17/h2-4,7-8,16,18,21H,5-6,9-15H2,1H3. The molecule has 0 radical (unpaired) electrons. The molecular weight excluding hydrogens is 274 g/mol. The van der Waals surface area contributed by atoms with Gasteiger partial charge < -0.3 is 10.0 Å². The molecule has 1 N–H and O–H groups in total. The first-order valence-electron chi connectivity index (χ1n) is 8.64. The minimum atomic E-state index is 0.0384. The van der Waals surface area contributed by atoms with E-state index in [1.54, 1.807) is 0 Å². The highest BCUT2D eigenvalue weighted by Crippen LogP contribution is 2.30. The van der Waals surface area contributed by atoms with E-state index < -0.39 is 0 Å². The zero-order valence-corrected chi connectivity index (χ0v) is 13.7. The fraction of sp³-hybridized carbons (Fsp3) is 0.632. The van der Waals surface area contributed by atoms with Crippen molar-refractivity contribution in [1.82, 2.24) is 4.90 Å². The van der Waals surface area contributed by atoms with Gasteiger partial charge in [-0.3, -0.25) is 4.79 Å². The number of amides is 1. The number of benzene rings is 1. The molecule has 1 aliphatic carbocycles. The molecule has 0 saturated heterocycles. The van der Waals surface area contributed by atoms with E-state index in [9.17, 15) is 9.90 Å². The van der Waals surface area contributed by atoms with Crippen molar-refractivity contribution in [1.29, 1.82) is 0 Å². The Morgan fingerprint density at radius 2 is 1.91 bits per heavy atom. The van der Waals surface area contributed by atoms with Gasteiger partial charge in [0, 0.05) is 19.0 Å². The van der Waals surface area contributed by atoms with E-state index in [-0.39, 0.29) is 18.4 Å². The molecular formula is C19H29NO2. The first-order chi connectivity index (χ1) is 10.7. The number of carbonyl (C=O) groups is 1. The zero-order valence-electron chi connectivity index (χ0n) is 13.7. The Bertz CT molecular complexity index is 440. The number of nitrogens with zero attached hydrogens (tertiary/aromatic N) is 1. The van der Waals surface area contributed by atoms with Gasteiger partial charge in [0.2, 0.25) is 5.91 Å². The van der Waals surface area contributed by atoms with Crippen LogP contribution >= 0.6 is 0 Å². The first-order valence-corrected chi connectivity index (χ1v) is 8.64. The quantitative estimate of drug-likeness (QED) is 0.801. The highest BCUT2D eigenvalue weighted by atomic mass is 16.3. The minimum absolute atomic E-state index is 0.0384. The van der Waals surface area contributed by atoms with E-state index in [1.165, 1.54) is 31.2 Å². The Labute approximate surface area is 134 Å². The highest BCUT2D eigenvalue weighted by molar-refractivity contribution is 5.78. The lowest BCUT2D eigenvalue weighted by molar-refractivity contribution is -0.136. The lowest BCUT2D eigenvalue weighted by Crippen LogP contribution is -2.39. The van der Waals surface area contributed by atoms with Crippen LogP contribution in [0.4, 0.5) is 0 Å². The second kappa shape index (κ2) is 8.94. The van der Waals surface area contributed by atoms with Gasteiger partial charge >= 0.3 is 0 Å². The summed E-state index contributed by atoms with van der Waals surface area (Å²) in [7, 11) is 0. The lowest BCUT2D eigenvalue weighted by atomic mass is 9.93. The molecule has 3 heteroatoms. The summed E-state index contributed by atoms with van der Waals surface area (Å²) in [6.45, 7) is 3.23. The molecule has 1 atom stereocenters. The second-order valence-electron chi connectivity index (χ2n) is 6.57. The van der Waals surface area contributed by atoms with Crippen molar-refractivity contribution in [2.75, 3.05) is 19.7 Å². The molecule has 1 amide bonds. The van der Waals surface area contributed by atoms with Gasteiger partial charge in [-0.2, -0.15) is 0 Å². The van der Waals surface area contributed by atoms with E-state index >= 15 is 0 Å². The van der Waals surface area contributed by atoms with E-state index in [0.717, 1.165) is 18.8 Å². The molecule has 0 spiro atoms. The molecule has 0 aliphatic heterocycles. The molecule has 1 aliphatic rings. The Hall–Kier alpha value is -1.35. The van der Waals surface area contributed by atoms with Crippen LogP contribution in [0.25, 0.3) is 0 Å². The number of aliphatic hydroxyl groups excluding tert-OH is 1. The van der Waals surface area contributed by atoms with Crippen LogP contribution in [0.15, 0.2) is 30.3 Å². The Morgan fingerprint density at radius 3 is 2.55 bits per heavy atom. The lowest BCUT2D eigenvalue weighted by Gasteiger charge is -2.26. The molecule has 0 heterocycles. The van der Waals surface area contributed by atoms with Crippen LogP contribution in [-0.2, 0) is 11.2 Å². The highest BCUT2D eigenvalue weighted by Gasteiger charge is 2.25. The third-order valence-electron chi connectivity index (χ3n) is 4.78. The maximum absolute atomic E-state index is 12.7. The maximum Gasteiger partial charge on any atom is 0.225 e. The Kier molecular flexibility index (Phi) is 6.91. The van der Waals surface area contributed by atoms with Crippen molar-refractivity contribution in [2.45, 2.75) is 45.4 Å². The average molecular weight is 303 g/mol. The summed E-state index contributed by atoms with van der Waals surface area (Å²) in [6, 6.07) is 10.2. The van der Waals surface area contributed by atoms with Crippen molar-refractivity contribution >= 4 is 5.91 Å². The predicted octanol–water partition coefficient (Wildman–Crippen LogP) is 3.27. The van der Waals surface area contributed by atoms with Crippen molar-refractivity contribution in [3.05, 3.63) is 35.9 Å². The van der Waals surface area contributed by atoms with Crippen molar-refractivity contribution < 1.29 is 9.90 Å². The molecule has 122 valence electrons. The van der Waals surface area contributed by atoms with E-state index in [4.69, 9.17) is 0 Å². The van der Waals surface area contributed by atoms with Gasteiger partial charge in [-0.1, -0.05) is 62.9 Å². The zero-order chi connectivity index (χ0) is 15.8. The van der Waals surface area contributed by atoms with Crippen LogP contribution < -0.4 is 0 Å². The summed E-state index contributed by atoms with van der Waals surface area (Å²) in [6.07, 6.45) is 7.05. The SMILES string of the molecule is CC(CC1CCCC1)C(=O)N(CCO)CCc1ccccc1. The molecule has 1 aromatic carbocycles. The van der Waals surface area contributed by atoms with E-state index in [1.807, 2.05) is 30.0 Å². The summed E-state index contributed by atoms with van der Waals surface area (Å²) in [5, 5.41) is 9.25. The van der Waals surface area contributed by atoms with E-state index in [2.05, 4.69) is 12.1 Å². The molecule has 1 unspecified atom stereocenters. The van der Waals surface area contributed by atoms with Crippen LogP contribution in [0.2, 0.25) is 0 Å². The smallest absolute Gasteiger partial charge is 0.225 e. The normalized spacial score (nSPS) is 16.6. The Balaban J connectivity index is 1.86. The first kappa shape index (κ1) is 17.0. The molecule has 0 bridgehead atoms. The molecule has 1 saturated carbocycles. The topological polar surface area (TPSA) is 40.5 Å². The monoisotopic (exact) mass is 303 g/mol. The number of aliphatic hydroxyl groups is 1. The van der Waals surface area contributed by atoms with Crippen molar-refractivity contribution in [3.63, 3.8) is 0 Å². The average Bonchev–Trinajstić information content (AvgIpc) is 3.04.